The monoisotopic (exact) mass is 142 g/mol. The second-order valence-electron chi connectivity index (χ2n) is 3.96. The summed E-state index contributed by atoms with van der Waals surface area (Å²) in [5, 5.41) is 0. The van der Waals surface area contributed by atoms with Crippen LogP contribution in [0.15, 0.2) is 0 Å². The van der Waals surface area contributed by atoms with Crippen LogP contribution in [-0.4, -0.2) is 13.2 Å². The van der Waals surface area contributed by atoms with Crippen molar-refractivity contribution >= 4 is 0 Å². The van der Waals surface area contributed by atoms with Crippen LogP contribution in [-0.2, 0) is 4.74 Å². The summed E-state index contributed by atoms with van der Waals surface area (Å²) < 4.78 is 5.39. The molecule has 10 heavy (non-hydrogen) atoms. The zero-order chi connectivity index (χ0) is 7.61. The van der Waals surface area contributed by atoms with Gasteiger partial charge in [0.05, 0.1) is 6.61 Å². The highest BCUT2D eigenvalue weighted by Crippen LogP contribution is 2.44. The Bertz CT molecular complexity index is 103. The van der Waals surface area contributed by atoms with Gasteiger partial charge in [-0.2, -0.15) is 0 Å². The molecule has 1 aliphatic rings. The lowest BCUT2D eigenvalue weighted by atomic mass is 9.64. The molecule has 0 bridgehead atoms. The maximum atomic E-state index is 5.39. The molecule has 0 amide bonds. The molecule has 0 unspecified atom stereocenters. The van der Waals surface area contributed by atoms with Crippen LogP contribution in [0.4, 0.5) is 0 Å². The predicted molar refractivity (Wildman–Crippen MR) is 43.0 cm³/mol. The molecule has 1 saturated carbocycles. The fourth-order valence-electron chi connectivity index (χ4n) is 2.09. The van der Waals surface area contributed by atoms with Crippen LogP contribution in [0.3, 0.4) is 0 Å². The SMILES string of the molecule is CCOCC1(C)CC(C)C1. The third-order valence-electron chi connectivity index (χ3n) is 2.34. The Labute approximate surface area is 63.8 Å². The van der Waals surface area contributed by atoms with Crippen LogP contribution in [0.5, 0.6) is 0 Å². The van der Waals surface area contributed by atoms with E-state index in [0.29, 0.717) is 5.41 Å². The average Bonchev–Trinajstić information content (AvgIpc) is 1.81. The Kier molecular flexibility index (Phi) is 2.35. The van der Waals surface area contributed by atoms with E-state index < -0.39 is 0 Å². The van der Waals surface area contributed by atoms with E-state index in [2.05, 4.69) is 20.8 Å². The van der Waals surface area contributed by atoms with Crippen molar-refractivity contribution in [1.82, 2.24) is 0 Å². The average molecular weight is 142 g/mol. The molecule has 0 atom stereocenters. The number of rotatable bonds is 3. The van der Waals surface area contributed by atoms with E-state index in [9.17, 15) is 0 Å². The van der Waals surface area contributed by atoms with Crippen LogP contribution < -0.4 is 0 Å². The Morgan fingerprint density at radius 2 is 2.10 bits per heavy atom. The molecule has 1 aliphatic carbocycles. The molecule has 0 aromatic carbocycles. The summed E-state index contributed by atoms with van der Waals surface area (Å²) >= 11 is 0. The summed E-state index contributed by atoms with van der Waals surface area (Å²) in [5.41, 5.74) is 0.523. The van der Waals surface area contributed by atoms with Crippen molar-refractivity contribution in [2.75, 3.05) is 13.2 Å². The summed E-state index contributed by atoms with van der Waals surface area (Å²) in [6, 6.07) is 0. The van der Waals surface area contributed by atoms with Crippen LogP contribution in [0.1, 0.15) is 33.6 Å². The van der Waals surface area contributed by atoms with Gasteiger partial charge in [-0.25, -0.2) is 0 Å². The maximum absolute atomic E-state index is 5.39. The van der Waals surface area contributed by atoms with Gasteiger partial charge < -0.3 is 4.74 Å². The van der Waals surface area contributed by atoms with Gasteiger partial charge in [0.15, 0.2) is 0 Å². The molecule has 0 aromatic rings. The number of hydrogen-bond donors (Lipinski definition) is 0. The molecule has 1 nitrogen and oxygen atoms in total. The standard InChI is InChI=1S/C9H18O/c1-4-10-7-9(3)5-8(2)6-9/h8H,4-7H2,1-3H3. The van der Waals surface area contributed by atoms with Crippen molar-refractivity contribution in [3.8, 4) is 0 Å². The first-order valence-electron chi connectivity index (χ1n) is 4.24. The molecule has 0 aliphatic heterocycles. The molecule has 1 fully saturated rings. The Morgan fingerprint density at radius 3 is 2.50 bits per heavy atom. The lowest BCUT2D eigenvalue weighted by molar-refractivity contribution is -0.0179. The van der Waals surface area contributed by atoms with Crippen molar-refractivity contribution in [2.45, 2.75) is 33.6 Å². The van der Waals surface area contributed by atoms with Crippen molar-refractivity contribution in [3.05, 3.63) is 0 Å². The van der Waals surface area contributed by atoms with Crippen molar-refractivity contribution in [1.29, 1.82) is 0 Å². The van der Waals surface area contributed by atoms with Crippen molar-refractivity contribution in [2.24, 2.45) is 11.3 Å². The van der Waals surface area contributed by atoms with Crippen LogP contribution in [0.25, 0.3) is 0 Å². The summed E-state index contributed by atoms with van der Waals surface area (Å²) in [7, 11) is 0. The van der Waals surface area contributed by atoms with Gasteiger partial charge >= 0.3 is 0 Å². The van der Waals surface area contributed by atoms with Crippen LogP contribution in [0, 0.1) is 11.3 Å². The van der Waals surface area contributed by atoms with Gasteiger partial charge in [-0.3, -0.25) is 0 Å². The zero-order valence-electron chi connectivity index (χ0n) is 7.31. The largest absolute Gasteiger partial charge is 0.381 e. The van der Waals surface area contributed by atoms with Crippen molar-refractivity contribution < 1.29 is 4.74 Å². The minimum absolute atomic E-state index is 0.523. The smallest absolute Gasteiger partial charge is 0.0519 e. The summed E-state index contributed by atoms with van der Waals surface area (Å²) in [6.07, 6.45) is 2.71. The Balaban J connectivity index is 2.15. The molecule has 0 spiro atoms. The highest BCUT2D eigenvalue weighted by atomic mass is 16.5. The van der Waals surface area contributed by atoms with E-state index in [1.165, 1.54) is 12.8 Å². The van der Waals surface area contributed by atoms with E-state index in [4.69, 9.17) is 4.74 Å². The number of hydrogen-bond acceptors (Lipinski definition) is 1. The molecule has 0 heterocycles. The van der Waals surface area contributed by atoms with Gasteiger partial charge in [0, 0.05) is 6.61 Å². The molecule has 1 heteroatoms. The molecular formula is C9H18O. The minimum Gasteiger partial charge on any atom is -0.381 e. The first-order valence-corrected chi connectivity index (χ1v) is 4.24. The van der Waals surface area contributed by atoms with Gasteiger partial charge in [-0.15, -0.1) is 0 Å². The lowest BCUT2D eigenvalue weighted by Crippen LogP contribution is -2.37. The summed E-state index contributed by atoms with van der Waals surface area (Å²) in [5.74, 6) is 0.936. The molecule has 1 rings (SSSR count). The second-order valence-corrected chi connectivity index (χ2v) is 3.96. The molecule has 0 radical (unpaired) electrons. The van der Waals surface area contributed by atoms with E-state index in [1.54, 1.807) is 0 Å². The number of ether oxygens (including phenoxy) is 1. The lowest BCUT2D eigenvalue weighted by Gasteiger charge is -2.43. The third kappa shape index (κ3) is 1.72. The van der Waals surface area contributed by atoms with Gasteiger partial charge in [0.1, 0.15) is 0 Å². The Morgan fingerprint density at radius 1 is 1.50 bits per heavy atom. The van der Waals surface area contributed by atoms with E-state index >= 15 is 0 Å². The molecular weight excluding hydrogens is 124 g/mol. The third-order valence-corrected chi connectivity index (χ3v) is 2.34. The normalized spacial score (nSPS) is 39.3. The summed E-state index contributed by atoms with van der Waals surface area (Å²) in [4.78, 5) is 0. The van der Waals surface area contributed by atoms with Gasteiger partial charge in [-0.05, 0) is 31.1 Å². The van der Waals surface area contributed by atoms with E-state index in [-0.39, 0.29) is 0 Å². The van der Waals surface area contributed by atoms with E-state index in [1.807, 2.05) is 0 Å². The highest BCUT2D eigenvalue weighted by molar-refractivity contribution is 4.87. The van der Waals surface area contributed by atoms with Crippen molar-refractivity contribution in [3.63, 3.8) is 0 Å². The van der Waals surface area contributed by atoms with Crippen LogP contribution >= 0.6 is 0 Å². The first kappa shape index (κ1) is 8.06. The van der Waals surface area contributed by atoms with Gasteiger partial charge in [0.2, 0.25) is 0 Å². The Hall–Kier alpha value is -0.0400. The molecule has 0 saturated heterocycles. The van der Waals surface area contributed by atoms with Gasteiger partial charge in [0.25, 0.3) is 0 Å². The fourth-order valence-corrected chi connectivity index (χ4v) is 2.09. The molecule has 0 N–H and O–H groups in total. The summed E-state index contributed by atoms with van der Waals surface area (Å²) in [6.45, 7) is 8.53. The minimum atomic E-state index is 0.523. The maximum Gasteiger partial charge on any atom is 0.0519 e. The predicted octanol–water partition coefficient (Wildman–Crippen LogP) is 2.46. The molecule has 60 valence electrons. The first-order chi connectivity index (χ1) is 4.66. The topological polar surface area (TPSA) is 9.23 Å². The van der Waals surface area contributed by atoms with Crippen LogP contribution in [0.2, 0.25) is 0 Å². The second kappa shape index (κ2) is 2.91. The molecule has 0 aromatic heterocycles. The van der Waals surface area contributed by atoms with E-state index in [0.717, 1.165) is 19.1 Å². The highest BCUT2D eigenvalue weighted by Gasteiger charge is 2.37. The quantitative estimate of drug-likeness (QED) is 0.588. The van der Waals surface area contributed by atoms with Gasteiger partial charge in [-0.1, -0.05) is 13.8 Å². The fraction of sp³-hybridized carbons (Fsp3) is 1.00. The zero-order valence-corrected chi connectivity index (χ0v) is 7.31.